The van der Waals surface area contributed by atoms with Gasteiger partial charge in [-0.2, -0.15) is 0 Å². The average molecular weight is 322 g/mol. The van der Waals surface area contributed by atoms with Crippen LogP contribution in [0.15, 0.2) is 22.8 Å². The Morgan fingerprint density at radius 2 is 2.13 bits per heavy atom. The standard InChI is InChI=1S/C15H18N2O6/c1-17-5-2-10(3-6-17)23-15(19)22-9-21-14(18)12-8-13-11(16-12)4-7-20-13/h4,7-8,10,16H,2-3,5-6,9H2,1H3. The molecule has 0 unspecified atom stereocenters. The Balaban J connectivity index is 1.39. The van der Waals surface area contributed by atoms with E-state index in [9.17, 15) is 9.59 Å². The first-order valence-corrected chi connectivity index (χ1v) is 7.37. The van der Waals surface area contributed by atoms with E-state index in [1.165, 1.54) is 12.3 Å². The van der Waals surface area contributed by atoms with E-state index in [1.807, 2.05) is 7.05 Å². The topological polar surface area (TPSA) is 94.0 Å². The molecule has 1 fully saturated rings. The van der Waals surface area contributed by atoms with Crippen LogP contribution in [0.3, 0.4) is 0 Å². The molecule has 0 aromatic carbocycles. The fourth-order valence-electron chi connectivity index (χ4n) is 2.44. The molecule has 2 aromatic rings. The van der Waals surface area contributed by atoms with Crippen LogP contribution in [-0.2, 0) is 14.2 Å². The summed E-state index contributed by atoms with van der Waals surface area (Å²) in [5.74, 6) is -0.636. The zero-order valence-electron chi connectivity index (χ0n) is 12.7. The number of hydrogen-bond donors (Lipinski definition) is 1. The maximum Gasteiger partial charge on any atom is 0.511 e. The maximum atomic E-state index is 11.8. The summed E-state index contributed by atoms with van der Waals surface area (Å²) in [6, 6.07) is 3.22. The number of ether oxygens (including phenoxy) is 3. The second-order valence-electron chi connectivity index (χ2n) is 5.45. The Bertz CT molecular complexity index is 655. The second kappa shape index (κ2) is 6.74. The third-order valence-corrected chi connectivity index (χ3v) is 3.76. The van der Waals surface area contributed by atoms with Crippen molar-refractivity contribution in [2.75, 3.05) is 26.9 Å². The summed E-state index contributed by atoms with van der Waals surface area (Å²) < 4.78 is 19.9. The molecule has 1 aliphatic rings. The van der Waals surface area contributed by atoms with Crippen molar-refractivity contribution >= 4 is 23.2 Å². The van der Waals surface area contributed by atoms with Crippen LogP contribution in [0.1, 0.15) is 23.3 Å². The van der Waals surface area contributed by atoms with Gasteiger partial charge in [0, 0.05) is 25.2 Å². The minimum absolute atomic E-state index is 0.148. The van der Waals surface area contributed by atoms with Gasteiger partial charge in [0.05, 0.1) is 11.8 Å². The van der Waals surface area contributed by atoms with E-state index in [0.29, 0.717) is 11.1 Å². The van der Waals surface area contributed by atoms with Gasteiger partial charge in [-0.3, -0.25) is 0 Å². The number of piperidine rings is 1. The molecule has 1 saturated heterocycles. The predicted molar refractivity (Wildman–Crippen MR) is 78.9 cm³/mol. The molecular weight excluding hydrogens is 304 g/mol. The average Bonchev–Trinajstić information content (AvgIpc) is 3.11. The van der Waals surface area contributed by atoms with E-state index in [1.54, 1.807) is 6.07 Å². The van der Waals surface area contributed by atoms with Crippen molar-refractivity contribution in [3.63, 3.8) is 0 Å². The van der Waals surface area contributed by atoms with Gasteiger partial charge in [0.1, 0.15) is 11.8 Å². The smallest absolute Gasteiger partial charge is 0.463 e. The Morgan fingerprint density at radius 1 is 1.35 bits per heavy atom. The van der Waals surface area contributed by atoms with E-state index >= 15 is 0 Å². The van der Waals surface area contributed by atoms with Crippen LogP contribution in [0.5, 0.6) is 0 Å². The molecule has 1 N–H and O–H groups in total. The van der Waals surface area contributed by atoms with Crippen LogP contribution < -0.4 is 0 Å². The molecule has 8 nitrogen and oxygen atoms in total. The number of rotatable bonds is 4. The van der Waals surface area contributed by atoms with E-state index < -0.39 is 18.9 Å². The van der Waals surface area contributed by atoms with Crippen molar-refractivity contribution in [1.82, 2.24) is 9.88 Å². The molecule has 23 heavy (non-hydrogen) atoms. The van der Waals surface area contributed by atoms with E-state index in [2.05, 4.69) is 9.88 Å². The number of esters is 1. The summed E-state index contributed by atoms with van der Waals surface area (Å²) in [6.07, 6.45) is 2.08. The van der Waals surface area contributed by atoms with Gasteiger partial charge < -0.3 is 28.5 Å². The third kappa shape index (κ3) is 3.84. The highest BCUT2D eigenvalue weighted by Gasteiger charge is 2.21. The van der Waals surface area contributed by atoms with Gasteiger partial charge in [-0.25, -0.2) is 9.59 Å². The Hall–Kier alpha value is -2.48. The molecule has 8 heteroatoms. The first-order chi connectivity index (χ1) is 11.1. The van der Waals surface area contributed by atoms with Crippen molar-refractivity contribution in [2.24, 2.45) is 0 Å². The van der Waals surface area contributed by atoms with Crippen LogP contribution in [-0.4, -0.2) is 55.0 Å². The van der Waals surface area contributed by atoms with Crippen molar-refractivity contribution in [2.45, 2.75) is 18.9 Å². The summed E-state index contributed by atoms with van der Waals surface area (Å²) in [6.45, 7) is 1.26. The lowest BCUT2D eigenvalue weighted by atomic mass is 10.1. The van der Waals surface area contributed by atoms with Gasteiger partial charge in [0.25, 0.3) is 0 Å². The third-order valence-electron chi connectivity index (χ3n) is 3.76. The fraction of sp³-hybridized carbons (Fsp3) is 0.467. The van der Waals surface area contributed by atoms with Gasteiger partial charge >= 0.3 is 12.1 Å². The SMILES string of the molecule is CN1CCC(OC(=O)OCOC(=O)c2cc3occc3[nH]2)CC1. The lowest BCUT2D eigenvalue weighted by molar-refractivity contribution is -0.0459. The number of aromatic amines is 1. The number of nitrogens with zero attached hydrogens (tertiary/aromatic N) is 1. The summed E-state index contributed by atoms with van der Waals surface area (Å²) >= 11 is 0. The zero-order chi connectivity index (χ0) is 16.2. The molecule has 0 bridgehead atoms. The number of nitrogens with one attached hydrogen (secondary N) is 1. The summed E-state index contributed by atoms with van der Waals surface area (Å²) in [5.41, 5.74) is 1.48. The van der Waals surface area contributed by atoms with Crippen molar-refractivity contribution in [1.29, 1.82) is 0 Å². The number of carbonyl (C=O) groups excluding carboxylic acids is 2. The van der Waals surface area contributed by atoms with Crippen LogP contribution in [0, 0.1) is 0 Å². The van der Waals surface area contributed by atoms with Crippen LogP contribution in [0.4, 0.5) is 4.79 Å². The predicted octanol–water partition coefficient (Wildman–Crippen LogP) is 2.12. The summed E-state index contributed by atoms with van der Waals surface area (Å²) in [5, 5.41) is 0. The molecule has 0 radical (unpaired) electrons. The Labute approximate surface area is 132 Å². The molecule has 3 heterocycles. The maximum absolute atomic E-state index is 11.8. The summed E-state index contributed by atoms with van der Waals surface area (Å²) in [7, 11) is 2.02. The minimum Gasteiger partial charge on any atom is -0.463 e. The molecule has 3 rings (SSSR count). The highest BCUT2D eigenvalue weighted by atomic mass is 16.8. The Morgan fingerprint density at radius 3 is 2.87 bits per heavy atom. The molecule has 0 saturated carbocycles. The van der Waals surface area contributed by atoms with Gasteiger partial charge in [0.2, 0.25) is 6.79 Å². The number of hydrogen-bond acceptors (Lipinski definition) is 7. The lowest BCUT2D eigenvalue weighted by Gasteiger charge is -2.28. The first kappa shape index (κ1) is 15.4. The van der Waals surface area contributed by atoms with Crippen LogP contribution >= 0.6 is 0 Å². The van der Waals surface area contributed by atoms with Crippen molar-refractivity contribution in [3.8, 4) is 0 Å². The van der Waals surface area contributed by atoms with Crippen LogP contribution in [0.2, 0.25) is 0 Å². The fourth-order valence-corrected chi connectivity index (χ4v) is 2.44. The quantitative estimate of drug-likeness (QED) is 0.680. The molecule has 0 amide bonds. The van der Waals surface area contributed by atoms with E-state index in [-0.39, 0.29) is 11.8 Å². The normalized spacial score (nSPS) is 16.4. The van der Waals surface area contributed by atoms with Crippen LogP contribution in [0.25, 0.3) is 11.1 Å². The Kier molecular flexibility index (Phi) is 4.52. The highest BCUT2D eigenvalue weighted by molar-refractivity contribution is 5.93. The number of carbonyl (C=O) groups is 2. The number of fused-ring (bicyclic) bond motifs is 1. The number of furan rings is 1. The first-order valence-electron chi connectivity index (χ1n) is 7.37. The molecule has 0 aliphatic carbocycles. The van der Waals surface area contributed by atoms with Gasteiger partial charge in [-0.05, 0) is 19.9 Å². The van der Waals surface area contributed by atoms with E-state index in [0.717, 1.165) is 25.9 Å². The van der Waals surface area contributed by atoms with Crippen molar-refractivity contribution in [3.05, 3.63) is 24.1 Å². The summed E-state index contributed by atoms with van der Waals surface area (Å²) in [4.78, 5) is 28.3. The number of aromatic nitrogens is 1. The number of likely N-dealkylation sites (tertiary alicyclic amines) is 1. The lowest BCUT2D eigenvalue weighted by Crippen LogP contribution is -2.35. The van der Waals surface area contributed by atoms with Gasteiger partial charge in [-0.15, -0.1) is 0 Å². The van der Waals surface area contributed by atoms with E-state index in [4.69, 9.17) is 18.6 Å². The van der Waals surface area contributed by atoms with Gasteiger partial charge in [0.15, 0.2) is 5.58 Å². The monoisotopic (exact) mass is 322 g/mol. The number of H-pyrrole nitrogens is 1. The largest absolute Gasteiger partial charge is 0.511 e. The highest BCUT2D eigenvalue weighted by Crippen LogP contribution is 2.16. The molecular formula is C15H18N2O6. The second-order valence-corrected chi connectivity index (χ2v) is 5.45. The zero-order valence-corrected chi connectivity index (χ0v) is 12.7. The molecule has 0 spiro atoms. The molecule has 1 aliphatic heterocycles. The molecule has 0 atom stereocenters. The molecule has 2 aromatic heterocycles. The molecule has 124 valence electrons. The van der Waals surface area contributed by atoms with Gasteiger partial charge in [-0.1, -0.05) is 0 Å². The minimum atomic E-state index is -0.826. The van der Waals surface area contributed by atoms with Crippen molar-refractivity contribution < 1.29 is 28.2 Å².